The Morgan fingerprint density at radius 1 is 1.00 bits per heavy atom. The maximum atomic E-state index is 9.47. The molecule has 2 N–H and O–H groups in total. The summed E-state index contributed by atoms with van der Waals surface area (Å²) >= 11 is 0. The van der Waals surface area contributed by atoms with Crippen LogP contribution in [-0.2, 0) is 4.74 Å². The minimum Gasteiger partial charge on any atom is -0.508 e. The Hall–Kier alpha value is -1.84. The summed E-state index contributed by atoms with van der Waals surface area (Å²) in [6.07, 6.45) is 0.956. The van der Waals surface area contributed by atoms with E-state index in [4.69, 9.17) is 4.74 Å². The van der Waals surface area contributed by atoms with E-state index in [0.717, 1.165) is 18.6 Å². The molecule has 3 heteroatoms. The SMILES string of the molecule is COCCC(C)NC(c1ccccc1)c1ccc(O)cc1. The minimum atomic E-state index is 0.110. The molecule has 0 saturated heterocycles. The van der Waals surface area contributed by atoms with Gasteiger partial charge < -0.3 is 15.2 Å². The molecule has 112 valence electrons. The van der Waals surface area contributed by atoms with Gasteiger partial charge in [0, 0.05) is 19.8 Å². The first-order valence-corrected chi connectivity index (χ1v) is 7.29. The lowest BCUT2D eigenvalue weighted by Gasteiger charge is -2.24. The van der Waals surface area contributed by atoms with Gasteiger partial charge >= 0.3 is 0 Å². The van der Waals surface area contributed by atoms with E-state index in [-0.39, 0.29) is 11.8 Å². The summed E-state index contributed by atoms with van der Waals surface area (Å²) in [6, 6.07) is 18.2. The normalized spacial score (nSPS) is 13.8. The summed E-state index contributed by atoms with van der Waals surface area (Å²) in [5, 5.41) is 13.1. The van der Waals surface area contributed by atoms with Crippen molar-refractivity contribution in [3.8, 4) is 5.75 Å². The Morgan fingerprint density at radius 3 is 2.24 bits per heavy atom. The summed E-state index contributed by atoms with van der Waals surface area (Å²) in [7, 11) is 1.72. The number of nitrogens with one attached hydrogen (secondary N) is 1. The lowest BCUT2D eigenvalue weighted by molar-refractivity contribution is 0.183. The predicted molar refractivity (Wildman–Crippen MR) is 85.5 cm³/mol. The highest BCUT2D eigenvalue weighted by Crippen LogP contribution is 2.24. The second-order valence-electron chi connectivity index (χ2n) is 5.28. The Labute approximate surface area is 126 Å². The Morgan fingerprint density at radius 2 is 1.62 bits per heavy atom. The lowest BCUT2D eigenvalue weighted by atomic mass is 9.97. The first kappa shape index (κ1) is 15.5. The van der Waals surface area contributed by atoms with E-state index in [9.17, 15) is 5.11 Å². The van der Waals surface area contributed by atoms with Gasteiger partial charge in [0.1, 0.15) is 5.75 Å². The van der Waals surface area contributed by atoms with Crippen LogP contribution in [0, 0.1) is 0 Å². The predicted octanol–water partition coefficient (Wildman–Crippen LogP) is 3.50. The summed E-state index contributed by atoms with van der Waals surface area (Å²) in [6.45, 7) is 2.90. The van der Waals surface area contributed by atoms with Crippen molar-refractivity contribution in [2.45, 2.75) is 25.4 Å². The van der Waals surface area contributed by atoms with Crippen LogP contribution < -0.4 is 5.32 Å². The average Bonchev–Trinajstić information content (AvgIpc) is 2.52. The summed E-state index contributed by atoms with van der Waals surface area (Å²) in [5.41, 5.74) is 2.36. The number of phenolic OH excluding ortho intramolecular Hbond substituents is 1. The fraction of sp³-hybridized carbons (Fsp3) is 0.333. The molecule has 0 aliphatic carbocycles. The Bertz CT molecular complexity index is 525. The topological polar surface area (TPSA) is 41.5 Å². The molecule has 2 aromatic carbocycles. The summed E-state index contributed by atoms with van der Waals surface area (Å²) in [5.74, 6) is 0.290. The van der Waals surface area contributed by atoms with Crippen molar-refractivity contribution in [1.82, 2.24) is 5.32 Å². The number of hydrogen-bond donors (Lipinski definition) is 2. The first-order valence-electron chi connectivity index (χ1n) is 7.29. The highest BCUT2D eigenvalue weighted by atomic mass is 16.5. The molecule has 3 nitrogen and oxygen atoms in total. The maximum absolute atomic E-state index is 9.47. The van der Waals surface area contributed by atoms with Gasteiger partial charge in [0.2, 0.25) is 0 Å². The zero-order valence-electron chi connectivity index (χ0n) is 12.6. The van der Waals surface area contributed by atoms with Crippen molar-refractivity contribution < 1.29 is 9.84 Å². The molecule has 2 rings (SSSR count). The summed E-state index contributed by atoms with van der Waals surface area (Å²) in [4.78, 5) is 0. The monoisotopic (exact) mass is 285 g/mol. The van der Waals surface area contributed by atoms with Crippen LogP contribution in [0.5, 0.6) is 5.75 Å². The molecule has 2 unspecified atom stereocenters. The van der Waals surface area contributed by atoms with Gasteiger partial charge in [-0.15, -0.1) is 0 Å². The van der Waals surface area contributed by atoms with Gasteiger partial charge in [0.15, 0.2) is 0 Å². The van der Waals surface area contributed by atoms with Crippen molar-refractivity contribution in [2.75, 3.05) is 13.7 Å². The Kier molecular flexibility index (Phi) is 5.78. The van der Waals surface area contributed by atoms with Crippen LogP contribution >= 0.6 is 0 Å². The van der Waals surface area contributed by atoms with E-state index < -0.39 is 0 Å². The molecule has 0 spiro atoms. The zero-order valence-corrected chi connectivity index (χ0v) is 12.6. The molecule has 0 bridgehead atoms. The number of methoxy groups -OCH3 is 1. The third-order valence-corrected chi connectivity index (χ3v) is 3.57. The minimum absolute atomic E-state index is 0.110. The van der Waals surface area contributed by atoms with E-state index in [2.05, 4.69) is 24.4 Å². The van der Waals surface area contributed by atoms with Crippen LogP contribution in [0.3, 0.4) is 0 Å². The molecule has 0 amide bonds. The van der Waals surface area contributed by atoms with Crippen LogP contribution in [-0.4, -0.2) is 24.9 Å². The smallest absolute Gasteiger partial charge is 0.115 e. The number of phenols is 1. The van der Waals surface area contributed by atoms with Crippen LogP contribution in [0.1, 0.15) is 30.5 Å². The van der Waals surface area contributed by atoms with Crippen molar-refractivity contribution >= 4 is 0 Å². The fourth-order valence-electron chi connectivity index (χ4n) is 2.36. The Balaban J connectivity index is 2.20. The van der Waals surface area contributed by atoms with Crippen LogP contribution in [0.15, 0.2) is 54.6 Å². The number of aromatic hydroxyl groups is 1. The number of benzene rings is 2. The molecule has 0 heterocycles. The first-order chi connectivity index (χ1) is 10.2. The second kappa shape index (κ2) is 7.81. The standard InChI is InChI=1S/C18H23NO2/c1-14(12-13-21-2)19-18(15-6-4-3-5-7-15)16-8-10-17(20)11-9-16/h3-11,14,18-20H,12-13H2,1-2H3. The van der Waals surface area contributed by atoms with Crippen LogP contribution in [0.2, 0.25) is 0 Å². The highest BCUT2D eigenvalue weighted by Gasteiger charge is 2.16. The van der Waals surface area contributed by atoms with Gasteiger partial charge in [0.25, 0.3) is 0 Å². The summed E-state index contributed by atoms with van der Waals surface area (Å²) < 4.78 is 5.15. The van der Waals surface area contributed by atoms with E-state index in [1.54, 1.807) is 19.2 Å². The second-order valence-corrected chi connectivity index (χ2v) is 5.28. The average molecular weight is 285 g/mol. The lowest BCUT2D eigenvalue weighted by Crippen LogP contribution is -2.32. The van der Waals surface area contributed by atoms with Crippen molar-refractivity contribution in [2.24, 2.45) is 0 Å². The van der Waals surface area contributed by atoms with Gasteiger partial charge in [-0.05, 0) is 36.6 Å². The zero-order chi connectivity index (χ0) is 15.1. The number of hydrogen-bond acceptors (Lipinski definition) is 3. The molecule has 2 aromatic rings. The molecule has 0 aliphatic rings. The molecular weight excluding hydrogens is 262 g/mol. The van der Waals surface area contributed by atoms with Gasteiger partial charge in [-0.2, -0.15) is 0 Å². The van der Waals surface area contributed by atoms with Gasteiger partial charge in [-0.1, -0.05) is 42.5 Å². The van der Waals surface area contributed by atoms with E-state index >= 15 is 0 Å². The van der Waals surface area contributed by atoms with E-state index in [1.807, 2.05) is 30.3 Å². The third-order valence-electron chi connectivity index (χ3n) is 3.57. The highest BCUT2D eigenvalue weighted by molar-refractivity contribution is 5.35. The largest absolute Gasteiger partial charge is 0.508 e. The van der Waals surface area contributed by atoms with Crippen LogP contribution in [0.25, 0.3) is 0 Å². The van der Waals surface area contributed by atoms with E-state index in [1.165, 1.54) is 5.56 Å². The van der Waals surface area contributed by atoms with Gasteiger partial charge in [0.05, 0.1) is 6.04 Å². The molecule has 0 aromatic heterocycles. The third kappa shape index (κ3) is 4.59. The molecule has 0 saturated carbocycles. The quantitative estimate of drug-likeness (QED) is 0.818. The molecule has 0 fully saturated rings. The van der Waals surface area contributed by atoms with E-state index in [0.29, 0.717) is 6.04 Å². The molecular formula is C18H23NO2. The molecule has 0 aliphatic heterocycles. The van der Waals surface area contributed by atoms with Crippen molar-refractivity contribution in [3.05, 3.63) is 65.7 Å². The maximum Gasteiger partial charge on any atom is 0.115 e. The number of ether oxygens (including phenoxy) is 1. The van der Waals surface area contributed by atoms with Gasteiger partial charge in [-0.25, -0.2) is 0 Å². The molecule has 0 radical (unpaired) electrons. The van der Waals surface area contributed by atoms with Crippen molar-refractivity contribution in [3.63, 3.8) is 0 Å². The fourth-order valence-corrected chi connectivity index (χ4v) is 2.36. The number of rotatable bonds is 7. The van der Waals surface area contributed by atoms with Crippen molar-refractivity contribution in [1.29, 1.82) is 0 Å². The molecule has 21 heavy (non-hydrogen) atoms. The van der Waals surface area contributed by atoms with Crippen LogP contribution in [0.4, 0.5) is 0 Å². The molecule has 2 atom stereocenters. The van der Waals surface area contributed by atoms with Gasteiger partial charge in [-0.3, -0.25) is 0 Å².